The minimum absolute atomic E-state index is 0.165. The van der Waals surface area contributed by atoms with E-state index in [2.05, 4.69) is 28.1 Å². The molecule has 6 atom stereocenters. The highest BCUT2D eigenvalue weighted by atomic mass is 31.3. The number of aliphatic hydroxyl groups is 2. The first-order valence-electron chi connectivity index (χ1n) is 8.53. The number of phosphoric acid groups is 3. The van der Waals surface area contributed by atoms with E-state index >= 15 is 0 Å². The molecule has 1 saturated heterocycles. The molecule has 0 saturated carbocycles. The van der Waals surface area contributed by atoms with E-state index in [1.165, 1.54) is 0 Å². The standard InChI is InChI=1S/C11H16N5O15P3/c12-7-4-8(14-2-13-7)16(9(15-4)11(19)20)10-6(18)5(17)3(29-10)1-28-33(24,25)31-34(26,27)30-32(21,22)23/h2-3,5-6,10,17-18H,1H2,(H,19,20)(H,24,25)(H,26,27)(H2,12,13,14)(H2,21,22,23)/t3-,5-,6-,10-/m1/s1. The Hall–Kier alpha value is -1.89. The predicted octanol–water partition coefficient (Wildman–Crippen LogP) is -1.93. The molecule has 2 unspecified atom stereocenters. The molecule has 2 aromatic rings. The molecule has 0 aliphatic carbocycles. The number of aromatic carboxylic acids is 1. The van der Waals surface area contributed by atoms with E-state index in [4.69, 9.17) is 25.2 Å². The van der Waals surface area contributed by atoms with Gasteiger partial charge in [0.1, 0.15) is 24.6 Å². The Bertz CT molecular complexity index is 1250. The van der Waals surface area contributed by atoms with Gasteiger partial charge >= 0.3 is 29.4 Å². The summed E-state index contributed by atoms with van der Waals surface area (Å²) >= 11 is 0. The van der Waals surface area contributed by atoms with E-state index < -0.39 is 66.4 Å². The molecule has 190 valence electrons. The van der Waals surface area contributed by atoms with Gasteiger partial charge in [-0.05, 0) is 0 Å². The fraction of sp³-hybridized carbons (Fsp3) is 0.455. The lowest BCUT2D eigenvalue weighted by Crippen LogP contribution is -2.34. The molecule has 23 heteroatoms. The number of hydrogen-bond donors (Lipinski definition) is 8. The average molecular weight is 551 g/mol. The van der Waals surface area contributed by atoms with E-state index in [1.807, 2.05) is 0 Å². The summed E-state index contributed by atoms with van der Waals surface area (Å²) in [6.45, 7) is -1.11. The molecule has 1 fully saturated rings. The van der Waals surface area contributed by atoms with Crippen LogP contribution in [-0.2, 0) is 31.6 Å². The third-order valence-corrected chi connectivity index (χ3v) is 7.91. The van der Waals surface area contributed by atoms with Gasteiger partial charge in [0.15, 0.2) is 23.2 Å². The number of hydrogen-bond acceptors (Lipinski definition) is 14. The highest BCUT2D eigenvalue weighted by Crippen LogP contribution is 2.66. The third kappa shape index (κ3) is 5.84. The first-order valence-corrected chi connectivity index (χ1v) is 13.0. The van der Waals surface area contributed by atoms with Crippen LogP contribution >= 0.6 is 23.5 Å². The molecule has 0 aromatic carbocycles. The maximum atomic E-state index is 11.8. The van der Waals surface area contributed by atoms with Crippen molar-refractivity contribution in [2.24, 2.45) is 0 Å². The van der Waals surface area contributed by atoms with Crippen molar-refractivity contribution in [3.05, 3.63) is 12.2 Å². The summed E-state index contributed by atoms with van der Waals surface area (Å²) in [5.41, 5.74) is 5.28. The van der Waals surface area contributed by atoms with Crippen LogP contribution in [0.15, 0.2) is 6.33 Å². The fourth-order valence-electron chi connectivity index (χ4n) is 2.87. The van der Waals surface area contributed by atoms with Gasteiger partial charge in [-0.15, -0.1) is 0 Å². The first-order chi connectivity index (χ1) is 15.5. The highest BCUT2D eigenvalue weighted by molar-refractivity contribution is 7.66. The summed E-state index contributed by atoms with van der Waals surface area (Å²) in [5, 5.41) is 30.0. The Morgan fingerprint density at radius 2 is 1.74 bits per heavy atom. The van der Waals surface area contributed by atoms with Crippen LogP contribution in [0.5, 0.6) is 0 Å². The van der Waals surface area contributed by atoms with Gasteiger partial charge in [-0.3, -0.25) is 9.09 Å². The Labute approximate surface area is 187 Å². The molecule has 0 bridgehead atoms. The highest BCUT2D eigenvalue weighted by Gasteiger charge is 2.48. The number of ether oxygens (including phenoxy) is 1. The Balaban J connectivity index is 1.80. The van der Waals surface area contributed by atoms with E-state index in [9.17, 15) is 38.7 Å². The fourth-order valence-corrected chi connectivity index (χ4v) is 5.90. The number of carboxylic acids is 1. The van der Waals surface area contributed by atoms with Crippen LogP contribution in [0.4, 0.5) is 5.82 Å². The maximum absolute atomic E-state index is 11.8. The third-order valence-electron chi connectivity index (χ3n) is 4.11. The number of nitrogen functional groups attached to an aromatic ring is 1. The number of rotatable bonds is 9. The Kier molecular flexibility index (Phi) is 7.30. The van der Waals surface area contributed by atoms with Gasteiger partial charge in [0.25, 0.3) is 0 Å². The van der Waals surface area contributed by atoms with Crippen molar-refractivity contribution >= 4 is 46.4 Å². The average Bonchev–Trinajstić information content (AvgIpc) is 3.17. The summed E-state index contributed by atoms with van der Waals surface area (Å²) in [4.78, 5) is 58.5. The normalized spacial score (nSPS) is 26.9. The van der Waals surface area contributed by atoms with Crippen molar-refractivity contribution < 1.29 is 71.3 Å². The van der Waals surface area contributed by atoms with Crippen molar-refractivity contribution in [1.82, 2.24) is 19.5 Å². The van der Waals surface area contributed by atoms with E-state index in [-0.39, 0.29) is 17.0 Å². The van der Waals surface area contributed by atoms with Crippen LogP contribution in [-0.4, -0.2) is 85.3 Å². The lowest BCUT2D eigenvalue weighted by molar-refractivity contribution is -0.0514. The summed E-state index contributed by atoms with van der Waals surface area (Å²) in [6, 6.07) is 0. The molecule has 0 spiro atoms. The molecule has 1 aliphatic rings. The van der Waals surface area contributed by atoms with E-state index in [0.29, 0.717) is 0 Å². The van der Waals surface area contributed by atoms with Crippen LogP contribution in [0.2, 0.25) is 0 Å². The van der Waals surface area contributed by atoms with Gasteiger partial charge in [-0.2, -0.15) is 8.62 Å². The second-order valence-corrected chi connectivity index (χ2v) is 10.9. The van der Waals surface area contributed by atoms with Crippen LogP contribution in [0.25, 0.3) is 11.2 Å². The number of nitrogens with two attached hydrogens (primary N) is 1. The molecule has 34 heavy (non-hydrogen) atoms. The number of aromatic nitrogens is 4. The van der Waals surface area contributed by atoms with Gasteiger partial charge in [0.2, 0.25) is 5.82 Å². The lowest BCUT2D eigenvalue weighted by Gasteiger charge is -2.19. The van der Waals surface area contributed by atoms with Gasteiger partial charge in [-0.25, -0.2) is 33.4 Å². The minimum Gasteiger partial charge on any atom is -0.475 e. The molecular weight excluding hydrogens is 535 g/mol. The molecule has 3 heterocycles. The largest absolute Gasteiger partial charge is 0.490 e. The quantitative estimate of drug-likeness (QED) is 0.157. The number of nitrogens with zero attached hydrogens (tertiary/aromatic N) is 4. The molecule has 20 nitrogen and oxygen atoms in total. The molecule has 0 radical (unpaired) electrons. The molecule has 0 amide bonds. The Morgan fingerprint density at radius 3 is 2.32 bits per heavy atom. The zero-order chi connectivity index (χ0) is 25.6. The zero-order valence-corrected chi connectivity index (χ0v) is 18.9. The van der Waals surface area contributed by atoms with Gasteiger partial charge in [-0.1, -0.05) is 0 Å². The number of anilines is 1. The molecule has 1 aliphatic heterocycles. The second kappa shape index (κ2) is 9.29. The number of carboxylic acid groups (broad SMARTS) is 1. The smallest absolute Gasteiger partial charge is 0.475 e. The van der Waals surface area contributed by atoms with Crippen molar-refractivity contribution in [3.8, 4) is 0 Å². The van der Waals surface area contributed by atoms with E-state index in [0.717, 1.165) is 10.9 Å². The van der Waals surface area contributed by atoms with E-state index in [1.54, 1.807) is 0 Å². The van der Waals surface area contributed by atoms with Crippen molar-refractivity contribution in [3.63, 3.8) is 0 Å². The summed E-state index contributed by atoms with van der Waals surface area (Å²) in [6.07, 6.45) is -6.14. The molecule has 9 N–H and O–H groups in total. The van der Waals surface area contributed by atoms with Crippen LogP contribution in [0.1, 0.15) is 16.8 Å². The maximum Gasteiger partial charge on any atom is 0.490 e. The summed E-state index contributed by atoms with van der Waals surface area (Å²) in [7, 11) is -16.9. The van der Waals surface area contributed by atoms with Gasteiger partial charge in [0, 0.05) is 0 Å². The number of imidazole rings is 1. The number of carbonyl (C=O) groups is 1. The monoisotopic (exact) mass is 551 g/mol. The zero-order valence-electron chi connectivity index (χ0n) is 16.2. The molecule has 2 aromatic heterocycles. The SMILES string of the molecule is Nc1ncnc2c1nc(C(=O)O)n2[C@@H]1O[C@H](COP(=O)(O)OP(=O)(O)OP(=O)(O)O)[C@@H](O)[C@H]1O. The van der Waals surface area contributed by atoms with Crippen LogP contribution in [0.3, 0.4) is 0 Å². The van der Waals surface area contributed by atoms with Crippen LogP contribution in [0, 0.1) is 0 Å². The first kappa shape index (κ1) is 26.7. The number of phosphoric ester groups is 1. The van der Waals surface area contributed by atoms with Crippen LogP contribution < -0.4 is 5.73 Å². The summed E-state index contributed by atoms with van der Waals surface area (Å²) < 4.78 is 51.4. The number of aliphatic hydroxyl groups excluding tert-OH is 2. The minimum atomic E-state index is -5.78. The number of fused-ring (bicyclic) bond motifs is 1. The topological polar surface area (TPSA) is 316 Å². The predicted molar refractivity (Wildman–Crippen MR) is 102 cm³/mol. The summed E-state index contributed by atoms with van der Waals surface area (Å²) in [5.74, 6) is -2.52. The van der Waals surface area contributed by atoms with Crippen molar-refractivity contribution in [2.45, 2.75) is 24.5 Å². The second-order valence-electron chi connectivity index (χ2n) is 6.47. The Morgan fingerprint density at radius 1 is 1.09 bits per heavy atom. The molecule has 3 rings (SSSR count). The van der Waals surface area contributed by atoms with Gasteiger partial charge < -0.3 is 45.4 Å². The molecular formula is C11H16N5O15P3. The lowest BCUT2D eigenvalue weighted by atomic mass is 10.1. The van der Waals surface area contributed by atoms with Crippen molar-refractivity contribution in [1.29, 1.82) is 0 Å². The van der Waals surface area contributed by atoms with Crippen molar-refractivity contribution in [2.75, 3.05) is 12.3 Å². The van der Waals surface area contributed by atoms with Gasteiger partial charge in [0.05, 0.1) is 6.61 Å².